The van der Waals surface area contributed by atoms with Crippen LogP contribution in [0.2, 0.25) is 0 Å². The molecule has 1 aliphatic rings. The van der Waals surface area contributed by atoms with Gasteiger partial charge in [-0.3, -0.25) is 20.4 Å². The molecule has 2 atom stereocenters. The van der Waals surface area contributed by atoms with E-state index in [1.165, 1.54) is 0 Å². The van der Waals surface area contributed by atoms with Gasteiger partial charge in [-0.2, -0.15) is 0 Å². The Morgan fingerprint density at radius 2 is 1.62 bits per heavy atom. The molecular formula is C22H23N5O2. The van der Waals surface area contributed by atoms with Crippen molar-refractivity contribution in [2.45, 2.75) is 24.9 Å². The Hall–Kier alpha value is -3.42. The number of carbonyl (C=O) groups is 2. The molecule has 2 aromatic carbocycles. The Balaban J connectivity index is 1.24. The number of rotatable bonds is 5. The Labute approximate surface area is 169 Å². The Morgan fingerprint density at radius 3 is 2.34 bits per heavy atom. The summed E-state index contributed by atoms with van der Waals surface area (Å²) < 4.78 is 2.00. The van der Waals surface area contributed by atoms with E-state index in [-0.39, 0.29) is 24.3 Å². The smallest absolute Gasteiger partial charge is 0.256 e. The van der Waals surface area contributed by atoms with Crippen LogP contribution in [0, 0.1) is 0 Å². The van der Waals surface area contributed by atoms with Gasteiger partial charge in [0.2, 0.25) is 5.91 Å². The highest BCUT2D eigenvalue weighted by atomic mass is 16.2. The molecule has 7 nitrogen and oxygen atoms in total. The quantitative estimate of drug-likeness (QED) is 0.501. The van der Waals surface area contributed by atoms with Gasteiger partial charge in [0, 0.05) is 24.1 Å². The Morgan fingerprint density at radius 1 is 0.897 bits per heavy atom. The van der Waals surface area contributed by atoms with Crippen molar-refractivity contribution in [2.75, 3.05) is 0 Å². The highest BCUT2D eigenvalue weighted by Crippen LogP contribution is 2.21. The fourth-order valence-electron chi connectivity index (χ4n) is 3.37. The van der Waals surface area contributed by atoms with Gasteiger partial charge in [-0.05, 0) is 41.8 Å². The number of benzene rings is 2. The standard InChI is InChI=1S/C22H23N5O2/c28-21(14-16-8-10-18(11-9-16)27-12-4-5-13-27)25-26-22(29)20-15-19(23-24-20)17-6-2-1-3-7-17/h1-13,19-20,23-24H,14-15H2,(H,25,28)(H,26,29). The van der Waals surface area contributed by atoms with Gasteiger partial charge in [0.15, 0.2) is 0 Å². The topological polar surface area (TPSA) is 87.2 Å². The van der Waals surface area contributed by atoms with Gasteiger partial charge in [0.25, 0.3) is 5.91 Å². The van der Waals surface area contributed by atoms with Gasteiger partial charge in [-0.1, -0.05) is 42.5 Å². The van der Waals surface area contributed by atoms with Crippen LogP contribution in [0.5, 0.6) is 0 Å². The molecule has 0 radical (unpaired) electrons. The van der Waals surface area contributed by atoms with Crippen LogP contribution in [-0.2, 0) is 16.0 Å². The zero-order valence-corrected chi connectivity index (χ0v) is 15.8. The van der Waals surface area contributed by atoms with Crippen LogP contribution >= 0.6 is 0 Å². The highest BCUT2D eigenvalue weighted by Gasteiger charge is 2.30. The van der Waals surface area contributed by atoms with E-state index in [9.17, 15) is 9.59 Å². The first-order valence-corrected chi connectivity index (χ1v) is 9.56. The lowest BCUT2D eigenvalue weighted by molar-refractivity contribution is -0.129. The maximum atomic E-state index is 12.3. The molecule has 3 aromatic rings. The number of nitrogens with zero attached hydrogens (tertiary/aromatic N) is 1. The predicted octanol–water partition coefficient (Wildman–Crippen LogP) is 1.77. The van der Waals surface area contributed by atoms with Gasteiger partial charge in [0.05, 0.1) is 6.42 Å². The summed E-state index contributed by atoms with van der Waals surface area (Å²) in [4.78, 5) is 24.5. The van der Waals surface area contributed by atoms with Crippen molar-refractivity contribution in [2.24, 2.45) is 0 Å². The van der Waals surface area contributed by atoms with Crippen LogP contribution in [0.3, 0.4) is 0 Å². The first-order chi connectivity index (χ1) is 14.2. The molecule has 1 fully saturated rings. The molecule has 0 spiro atoms. The maximum absolute atomic E-state index is 12.3. The lowest BCUT2D eigenvalue weighted by Crippen LogP contribution is -2.50. The molecule has 4 rings (SSSR count). The van der Waals surface area contributed by atoms with E-state index in [0.717, 1.165) is 16.8 Å². The number of aromatic nitrogens is 1. The number of hydrogen-bond donors (Lipinski definition) is 4. The number of carbonyl (C=O) groups excluding carboxylic acids is 2. The molecule has 4 N–H and O–H groups in total. The third-order valence-corrected chi connectivity index (χ3v) is 4.95. The summed E-state index contributed by atoms with van der Waals surface area (Å²) in [6.07, 6.45) is 4.72. The first kappa shape index (κ1) is 18.9. The summed E-state index contributed by atoms with van der Waals surface area (Å²) in [6, 6.07) is 21.2. The number of hydrogen-bond acceptors (Lipinski definition) is 4. The molecule has 0 bridgehead atoms. The average Bonchev–Trinajstić information content (AvgIpc) is 3.46. The van der Waals surface area contributed by atoms with Crippen molar-refractivity contribution in [1.82, 2.24) is 26.3 Å². The van der Waals surface area contributed by atoms with Gasteiger partial charge in [-0.25, -0.2) is 10.9 Å². The average molecular weight is 389 g/mol. The van der Waals surface area contributed by atoms with E-state index in [2.05, 4.69) is 21.7 Å². The molecule has 148 valence electrons. The maximum Gasteiger partial charge on any atom is 0.256 e. The van der Waals surface area contributed by atoms with Crippen LogP contribution in [-0.4, -0.2) is 22.4 Å². The second-order valence-corrected chi connectivity index (χ2v) is 7.01. The molecule has 29 heavy (non-hydrogen) atoms. The van der Waals surface area contributed by atoms with E-state index in [1.807, 2.05) is 83.7 Å². The van der Waals surface area contributed by atoms with Crippen molar-refractivity contribution >= 4 is 11.8 Å². The molecule has 0 aliphatic carbocycles. The van der Waals surface area contributed by atoms with Crippen LogP contribution in [0.1, 0.15) is 23.6 Å². The molecule has 7 heteroatoms. The Bertz CT molecular complexity index is 955. The molecule has 2 amide bonds. The molecule has 2 heterocycles. The van der Waals surface area contributed by atoms with Crippen LogP contribution < -0.4 is 21.7 Å². The minimum atomic E-state index is -0.415. The highest BCUT2D eigenvalue weighted by molar-refractivity contribution is 5.86. The van der Waals surface area contributed by atoms with Crippen molar-refractivity contribution in [3.8, 4) is 5.69 Å². The van der Waals surface area contributed by atoms with Crippen molar-refractivity contribution in [3.05, 3.63) is 90.3 Å². The SMILES string of the molecule is O=C(Cc1ccc(-n2cccc2)cc1)NNC(=O)C1CC(c2ccccc2)NN1. The summed E-state index contributed by atoms with van der Waals surface area (Å²) in [5, 5.41) is 0. The van der Waals surface area contributed by atoms with Crippen molar-refractivity contribution in [1.29, 1.82) is 0 Å². The zero-order chi connectivity index (χ0) is 20.1. The summed E-state index contributed by atoms with van der Waals surface area (Å²) >= 11 is 0. The lowest BCUT2D eigenvalue weighted by atomic mass is 10.0. The minimum absolute atomic E-state index is 0.0569. The minimum Gasteiger partial charge on any atom is -0.324 e. The number of nitrogens with one attached hydrogen (secondary N) is 4. The van der Waals surface area contributed by atoms with Gasteiger partial charge < -0.3 is 4.57 Å². The Kier molecular flexibility index (Phi) is 5.69. The van der Waals surface area contributed by atoms with E-state index < -0.39 is 6.04 Å². The summed E-state index contributed by atoms with van der Waals surface area (Å²) in [7, 11) is 0. The van der Waals surface area contributed by atoms with Crippen molar-refractivity contribution in [3.63, 3.8) is 0 Å². The van der Waals surface area contributed by atoms with Gasteiger partial charge in [0.1, 0.15) is 6.04 Å². The summed E-state index contributed by atoms with van der Waals surface area (Å²) in [5.41, 5.74) is 14.1. The number of amides is 2. The summed E-state index contributed by atoms with van der Waals surface area (Å²) in [5.74, 6) is -0.537. The largest absolute Gasteiger partial charge is 0.324 e. The third kappa shape index (κ3) is 4.71. The predicted molar refractivity (Wildman–Crippen MR) is 110 cm³/mol. The second kappa shape index (κ2) is 8.72. The molecular weight excluding hydrogens is 366 g/mol. The molecule has 1 aromatic heterocycles. The van der Waals surface area contributed by atoms with Crippen LogP contribution in [0.25, 0.3) is 5.69 Å². The normalized spacial score (nSPS) is 18.3. The third-order valence-electron chi connectivity index (χ3n) is 4.95. The van der Waals surface area contributed by atoms with Gasteiger partial charge >= 0.3 is 0 Å². The summed E-state index contributed by atoms with van der Waals surface area (Å²) in [6.45, 7) is 0. The van der Waals surface area contributed by atoms with Gasteiger partial charge in [-0.15, -0.1) is 0 Å². The first-order valence-electron chi connectivity index (χ1n) is 9.56. The van der Waals surface area contributed by atoms with Crippen LogP contribution in [0.15, 0.2) is 79.1 Å². The fourth-order valence-corrected chi connectivity index (χ4v) is 3.37. The molecule has 2 unspecified atom stereocenters. The second-order valence-electron chi connectivity index (χ2n) is 7.01. The van der Waals surface area contributed by atoms with Crippen LogP contribution in [0.4, 0.5) is 0 Å². The fraction of sp³-hybridized carbons (Fsp3) is 0.182. The zero-order valence-electron chi connectivity index (χ0n) is 15.8. The number of hydrazine groups is 2. The van der Waals surface area contributed by atoms with E-state index in [1.54, 1.807) is 0 Å². The van der Waals surface area contributed by atoms with E-state index >= 15 is 0 Å². The molecule has 1 aliphatic heterocycles. The van der Waals surface area contributed by atoms with E-state index in [0.29, 0.717) is 6.42 Å². The molecule has 1 saturated heterocycles. The monoisotopic (exact) mass is 389 g/mol. The van der Waals surface area contributed by atoms with Crippen molar-refractivity contribution < 1.29 is 9.59 Å². The molecule has 0 saturated carbocycles. The lowest BCUT2D eigenvalue weighted by Gasteiger charge is -2.12. The van der Waals surface area contributed by atoms with E-state index in [4.69, 9.17) is 0 Å².